The summed E-state index contributed by atoms with van der Waals surface area (Å²) in [4.78, 5) is 0. The first-order valence-corrected chi connectivity index (χ1v) is 9.13. The standard InChI is InChI=1S/C19H20FN3OS/c1-3-23-18(12-24-17-7-5-4-6-14(17)2)21-22-19(23)25-13-15-8-10-16(20)11-9-15/h4-11H,3,12-13H2,1-2H3. The largest absolute Gasteiger partial charge is 0.485 e. The summed E-state index contributed by atoms with van der Waals surface area (Å²) in [6, 6.07) is 14.4. The van der Waals surface area contributed by atoms with Crippen molar-refractivity contribution in [3.8, 4) is 5.75 Å². The molecule has 0 atom stereocenters. The molecule has 1 aromatic heterocycles. The van der Waals surface area contributed by atoms with Crippen LogP contribution >= 0.6 is 11.8 Å². The fraction of sp³-hybridized carbons (Fsp3) is 0.263. The molecule has 0 N–H and O–H groups in total. The summed E-state index contributed by atoms with van der Waals surface area (Å²) in [5, 5.41) is 9.38. The van der Waals surface area contributed by atoms with E-state index in [4.69, 9.17) is 4.74 Å². The van der Waals surface area contributed by atoms with Gasteiger partial charge in [-0.3, -0.25) is 0 Å². The zero-order valence-electron chi connectivity index (χ0n) is 14.3. The van der Waals surface area contributed by atoms with Crippen molar-refractivity contribution in [2.24, 2.45) is 0 Å². The Labute approximate surface area is 151 Å². The van der Waals surface area contributed by atoms with Gasteiger partial charge in [0.25, 0.3) is 0 Å². The summed E-state index contributed by atoms with van der Waals surface area (Å²) in [6.45, 7) is 5.22. The lowest BCUT2D eigenvalue weighted by molar-refractivity contribution is 0.286. The average Bonchev–Trinajstić information content (AvgIpc) is 3.02. The first kappa shape index (κ1) is 17.5. The number of halogens is 1. The normalized spacial score (nSPS) is 10.8. The minimum atomic E-state index is -0.221. The van der Waals surface area contributed by atoms with Crippen molar-refractivity contribution in [2.75, 3.05) is 0 Å². The molecular formula is C19H20FN3OS. The smallest absolute Gasteiger partial charge is 0.191 e. The van der Waals surface area contributed by atoms with Gasteiger partial charge < -0.3 is 9.30 Å². The average molecular weight is 357 g/mol. The number of para-hydroxylation sites is 1. The molecule has 0 aliphatic heterocycles. The molecular weight excluding hydrogens is 337 g/mol. The zero-order valence-corrected chi connectivity index (χ0v) is 15.1. The molecule has 0 fully saturated rings. The van der Waals surface area contributed by atoms with Crippen molar-refractivity contribution in [3.05, 3.63) is 71.3 Å². The number of ether oxygens (including phenoxy) is 1. The van der Waals surface area contributed by atoms with Crippen LogP contribution < -0.4 is 4.74 Å². The highest BCUT2D eigenvalue weighted by molar-refractivity contribution is 7.98. The van der Waals surface area contributed by atoms with Gasteiger partial charge in [0.05, 0.1) is 0 Å². The Morgan fingerprint density at radius 3 is 2.56 bits per heavy atom. The van der Waals surface area contributed by atoms with E-state index in [-0.39, 0.29) is 5.82 Å². The molecule has 6 heteroatoms. The number of nitrogens with zero attached hydrogens (tertiary/aromatic N) is 3. The van der Waals surface area contributed by atoms with Crippen molar-refractivity contribution in [1.29, 1.82) is 0 Å². The lowest BCUT2D eigenvalue weighted by atomic mass is 10.2. The van der Waals surface area contributed by atoms with E-state index in [2.05, 4.69) is 17.1 Å². The van der Waals surface area contributed by atoms with Gasteiger partial charge in [0, 0.05) is 12.3 Å². The number of hydrogen-bond donors (Lipinski definition) is 0. The van der Waals surface area contributed by atoms with Gasteiger partial charge in [-0.05, 0) is 43.2 Å². The van der Waals surface area contributed by atoms with E-state index in [1.807, 2.05) is 35.8 Å². The van der Waals surface area contributed by atoms with Gasteiger partial charge in [-0.2, -0.15) is 0 Å². The first-order chi connectivity index (χ1) is 12.2. The summed E-state index contributed by atoms with van der Waals surface area (Å²) < 4.78 is 20.9. The quantitative estimate of drug-likeness (QED) is 0.579. The Morgan fingerprint density at radius 2 is 1.84 bits per heavy atom. The van der Waals surface area contributed by atoms with E-state index in [1.165, 1.54) is 12.1 Å². The number of benzene rings is 2. The summed E-state index contributed by atoms with van der Waals surface area (Å²) in [6.07, 6.45) is 0. The van der Waals surface area contributed by atoms with Gasteiger partial charge in [-0.1, -0.05) is 42.1 Å². The molecule has 25 heavy (non-hydrogen) atoms. The predicted molar refractivity (Wildman–Crippen MR) is 97.2 cm³/mol. The van der Waals surface area contributed by atoms with Crippen LogP contribution in [0.1, 0.15) is 23.9 Å². The second-order valence-electron chi connectivity index (χ2n) is 5.61. The summed E-state index contributed by atoms with van der Waals surface area (Å²) >= 11 is 1.59. The van der Waals surface area contributed by atoms with Crippen molar-refractivity contribution in [3.63, 3.8) is 0 Å². The molecule has 1 heterocycles. The van der Waals surface area contributed by atoms with Gasteiger partial charge in [-0.25, -0.2) is 4.39 Å². The van der Waals surface area contributed by atoms with E-state index in [0.717, 1.165) is 40.2 Å². The highest BCUT2D eigenvalue weighted by atomic mass is 32.2. The van der Waals surface area contributed by atoms with Gasteiger partial charge in [0.15, 0.2) is 11.0 Å². The fourth-order valence-electron chi connectivity index (χ4n) is 2.44. The third-order valence-corrected chi connectivity index (χ3v) is 4.88. The van der Waals surface area contributed by atoms with Crippen LogP contribution in [0.25, 0.3) is 0 Å². The molecule has 0 amide bonds. The fourth-order valence-corrected chi connectivity index (χ4v) is 3.42. The third kappa shape index (κ3) is 4.39. The molecule has 0 saturated carbocycles. The Balaban J connectivity index is 1.66. The van der Waals surface area contributed by atoms with Crippen molar-refractivity contribution >= 4 is 11.8 Å². The van der Waals surface area contributed by atoms with Crippen LogP contribution in [0, 0.1) is 12.7 Å². The molecule has 130 valence electrons. The van der Waals surface area contributed by atoms with E-state index in [1.54, 1.807) is 23.9 Å². The first-order valence-electron chi connectivity index (χ1n) is 8.15. The lowest BCUT2D eigenvalue weighted by Crippen LogP contribution is -2.07. The minimum absolute atomic E-state index is 0.221. The molecule has 0 radical (unpaired) electrons. The lowest BCUT2D eigenvalue weighted by Gasteiger charge is -2.10. The molecule has 0 bridgehead atoms. The topological polar surface area (TPSA) is 39.9 Å². The van der Waals surface area contributed by atoms with E-state index >= 15 is 0 Å². The summed E-state index contributed by atoms with van der Waals surface area (Å²) in [5.74, 6) is 2.15. The predicted octanol–water partition coefficient (Wildman–Crippen LogP) is 4.62. The number of rotatable bonds is 7. The maximum Gasteiger partial charge on any atom is 0.191 e. The summed E-state index contributed by atoms with van der Waals surface area (Å²) in [7, 11) is 0. The number of hydrogen-bond acceptors (Lipinski definition) is 4. The van der Waals surface area contributed by atoms with Gasteiger partial charge in [0.1, 0.15) is 18.2 Å². The second kappa shape index (κ2) is 8.16. The summed E-state index contributed by atoms with van der Waals surface area (Å²) in [5.41, 5.74) is 2.14. The van der Waals surface area contributed by atoms with Crippen LogP contribution in [-0.4, -0.2) is 14.8 Å². The Hall–Kier alpha value is -2.34. The van der Waals surface area contributed by atoms with Crippen molar-refractivity contribution in [2.45, 2.75) is 37.9 Å². The molecule has 0 saturated heterocycles. The highest BCUT2D eigenvalue weighted by Gasteiger charge is 2.12. The van der Waals surface area contributed by atoms with Crippen LogP contribution in [0.15, 0.2) is 53.7 Å². The molecule has 2 aromatic carbocycles. The molecule has 0 spiro atoms. The molecule has 4 nitrogen and oxygen atoms in total. The minimum Gasteiger partial charge on any atom is -0.485 e. The molecule has 0 unspecified atom stereocenters. The van der Waals surface area contributed by atoms with Crippen molar-refractivity contribution < 1.29 is 9.13 Å². The Bertz CT molecular complexity index is 833. The van der Waals surface area contributed by atoms with Crippen LogP contribution in [-0.2, 0) is 18.9 Å². The molecule has 0 aliphatic carbocycles. The van der Waals surface area contributed by atoms with E-state index < -0.39 is 0 Å². The third-order valence-electron chi connectivity index (χ3n) is 3.84. The van der Waals surface area contributed by atoms with Gasteiger partial charge in [-0.15, -0.1) is 10.2 Å². The maximum atomic E-state index is 13.0. The van der Waals surface area contributed by atoms with E-state index in [0.29, 0.717) is 6.61 Å². The number of thioether (sulfide) groups is 1. The highest BCUT2D eigenvalue weighted by Crippen LogP contribution is 2.23. The van der Waals surface area contributed by atoms with Crippen LogP contribution in [0.2, 0.25) is 0 Å². The molecule has 0 aliphatic rings. The zero-order chi connectivity index (χ0) is 17.6. The van der Waals surface area contributed by atoms with Gasteiger partial charge in [0.2, 0.25) is 0 Å². The van der Waals surface area contributed by atoms with Crippen LogP contribution in [0.4, 0.5) is 4.39 Å². The van der Waals surface area contributed by atoms with Crippen molar-refractivity contribution in [1.82, 2.24) is 14.8 Å². The molecule has 3 rings (SSSR count). The van der Waals surface area contributed by atoms with Crippen LogP contribution in [0.3, 0.4) is 0 Å². The Morgan fingerprint density at radius 1 is 1.08 bits per heavy atom. The monoisotopic (exact) mass is 357 g/mol. The molecule has 3 aromatic rings. The van der Waals surface area contributed by atoms with Gasteiger partial charge >= 0.3 is 0 Å². The van der Waals surface area contributed by atoms with E-state index in [9.17, 15) is 4.39 Å². The second-order valence-corrected chi connectivity index (χ2v) is 6.55. The SMILES string of the molecule is CCn1c(COc2ccccc2C)nnc1SCc1ccc(F)cc1. The van der Waals surface area contributed by atoms with Crippen LogP contribution in [0.5, 0.6) is 5.75 Å². The number of aryl methyl sites for hydroxylation is 1. The Kier molecular flexibility index (Phi) is 5.71. The number of aromatic nitrogens is 3. The maximum absolute atomic E-state index is 13.0.